The molecule has 2 aliphatic carbocycles. The Morgan fingerprint density at radius 3 is 2.09 bits per heavy atom. The standard InChI is InChI=1S/C36H53N5O6/c1-21(2)26-19-28(34(45)38-27(32(43)33(37)44)18-23-12-11-13-23)41(20-26)35(46)30(24-14-7-5-8-15-24)40-36(47)39-29(22(3)4)31(42)25-16-9-6-10-17-25/h6,9-10,16-17,21-24,26-30H,5,7-8,11-15,18-20H2,1-4H3,(H2,37,44)(H,38,45)(H2,39,40,47)/p+1/t26-,27?,28+,29+,30+/m1/s1. The zero-order valence-corrected chi connectivity index (χ0v) is 28.4. The van der Waals surface area contributed by atoms with Gasteiger partial charge in [-0.2, -0.15) is 0 Å². The number of hydrogen-bond donors (Lipinski definition) is 4. The van der Waals surface area contributed by atoms with Crippen LogP contribution in [-0.2, 0) is 19.2 Å². The van der Waals surface area contributed by atoms with Gasteiger partial charge in [-0.05, 0) is 49.4 Å². The van der Waals surface area contributed by atoms with Crippen LogP contribution in [0.25, 0.3) is 0 Å². The Kier molecular flexibility index (Phi) is 12.7. The van der Waals surface area contributed by atoms with Crippen LogP contribution in [0.2, 0.25) is 0 Å². The number of urea groups is 1. The average molecular weight is 653 g/mol. The van der Waals surface area contributed by atoms with Crippen molar-refractivity contribution in [3.05, 3.63) is 35.9 Å². The first-order valence-corrected chi connectivity index (χ1v) is 17.6. The van der Waals surface area contributed by atoms with E-state index in [-0.39, 0.29) is 41.3 Å². The number of nitrogens with zero attached hydrogens (tertiary/aromatic N) is 1. The van der Waals surface area contributed by atoms with Crippen LogP contribution in [0.4, 0.5) is 4.79 Å². The molecule has 1 heterocycles. The molecule has 11 heteroatoms. The van der Waals surface area contributed by atoms with Crippen molar-refractivity contribution >= 4 is 35.3 Å². The number of benzene rings is 1. The van der Waals surface area contributed by atoms with Gasteiger partial charge in [0.15, 0.2) is 6.04 Å². The Balaban J connectivity index is 1.55. The molecule has 5 amide bonds. The number of rotatable bonds is 14. The van der Waals surface area contributed by atoms with Gasteiger partial charge in [0.05, 0.1) is 6.04 Å². The minimum absolute atomic E-state index is 0.0368. The van der Waals surface area contributed by atoms with Crippen LogP contribution in [0.3, 0.4) is 0 Å². The van der Waals surface area contributed by atoms with Crippen LogP contribution in [0, 0.1) is 29.6 Å². The first-order valence-electron chi connectivity index (χ1n) is 17.6. The SMILES string of the molecule is CC(C)[C@@H]1C[C@@H](C(=O)NC(CC2CCC2)C(=O)C(N)=O)N(C(=O)[C@@H](NC(=O)[NH2+][C@H](C(=O)c2ccccc2)C(C)C)C2CCCCC2)C1. The molecule has 4 rings (SSSR count). The summed E-state index contributed by atoms with van der Waals surface area (Å²) in [7, 11) is 0. The van der Waals surface area contributed by atoms with E-state index in [1.165, 1.54) is 5.32 Å². The molecule has 0 spiro atoms. The first kappa shape index (κ1) is 36.2. The number of Topliss-reactive ketones (excluding diaryl/α,β-unsaturated/α-hetero) is 2. The number of likely N-dealkylation sites (tertiary alicyclic amines) is 1. The van der Waals surface area contributed by atoms with Crippen LogP contribution >= 0.6 is 0 Å². The second-order valence-corrected chi connectivity index (χ2v) is 14.6. The fourth-order valence-corrected chi connectivity index (χ4v) is 7.33. The van der Waals surface area contributed by atoms with Crippen molar-refractivity contribution in [2.45, 2.75) is 116 Å². The van der Waals surface area contributed by atoms with Crippen LogP contribution in [0.1, 0.15) is 102 Å². The minimum atomic E-state index is -1.09. The second-order valence-electron chi connectivity index (χ2n) is 14.6. The molecule has 1 aromatic rings. The van der Waals surface area contributed by atoms with Crippen molar-refractivity contribution in [2.24, 2.45) is 35.3 Å². The van der Waals surface area contributed by atoms with Gasteiger partial charge in [0.2, 0.25) is 23.4 Å². The molecule has 6 N–H and O–H groups in total. The number of nitrogens with one attached hydrogen (secondary N) is 2. The van der Waals surface area contributed by atoms with Gasteiger partial charge in [-0.25, -0.2) is 4.79 Å². The third kappa shape index (κ3) is 9.27. The molecule has 0 aromatic heterocycles. The molecule has 258 valence electrons. The normalized spacial score (nSPS) is 22.3. The van der Waals surface area contributed by atoms with Gasteiger partial charge < -0.3 is 16.0 Å². The summed E-state index contributed by atoms with van der Waals surface area (Å²) in [6.45, 7) is 8.22. The summed E-state index contributed by atoms with van der Waals surface area (Å²) in [5, 5.41) is 7.18. The Labute approximate surface area is 278 Å². The highest BCUT2D eigenvalue weighted by Gasteiger charge is 2.46. The molecule has 1 unspecified atom stereocenters. The average Bonchev–Trinajstić information content (AvgIpc) is 3.49. The van der Waals surface area contributed by atoms with Gasteiger partial charge in [0.25, 0.3) is 5.91 Å². The topological polar surface area (TPSA) is 172 Å². The third-order valence-corrected chi connectivity index (χ3v) is 10.6. The molecule has 1 aromatic carbocycles. The van der Waals surface area contributed by atoms with Gasteiger partial charge in [-0.3, -0.25) is 34.6 Å². The van der Waals surface area contributed by atoms with E-state index in [1.807, 2.05) is 19.9 Å². The van der Waals surface area contributed by atoms with Crippen LogP contribution in [0.15, 0.2) is 30.3 Å². The summed E-state index contributed by atoms with van der Waals surface area (Å²) in [4.78, 5) is 81.5. The van der Waals surface area contributed by atoms with Crippen LogP contribution in [-0.4, -0.2) is 70.9 Å². The maximum atomic E-state index is 14.5. The van der Waals surface area contributed by atoms with E-state index < -0.39 is 47.8 Å². The lowest BCUT2D eigenvalue weighted by molar-refractivity contribution is -0.586. The molecular weight excluding hydrogens is 598 g/mol. The molecule has 11 nitrogen and oxygen atoms in total. The number of carbonyl (C=O) groups excluding carboxylic acids is 6. The Morgan fingerprint density at radius 2 is 1.53 bits per heavy atom. The lowest BCUT2D eigenvalue weighted by Crippen LogP contribution is -2.98. The van der Waals surface area contributed by atoms with Gasteiger partial charge >= 0.3 is 6.03 Å². The molecule has 0 radical (unpaired) electrons. The van der Waals surface area contributed by atoms with Crippen molar-refractivity contribution in [2.75, 3.05) is 6.54 Å². The van der Waals surface area contributed by atoms with E-state index in [0.29, 0.717) is 24.9 Å². The summed E-state index contributed by atoms with van der Waals surface area (Å²) >= 11 is 0. The quantitative estimate of drug-likeness (QED) is 0.178. The fraction of sp³-hybridized carbons (Fsp3) is 0.667. The molecule has 3 fully saturated rings. The highest BCUT2D eigenvalue weighted by Crippen LogP contribution is 2.34. The van der Waals surface area contributed by atoms with Crippen LogP contribution in [0.5, 0.6) is 0 Å². The Bertz CT molecular complexity index is 1290. The van der Waals surface area contributed by atoms with Crippen molar-refractivity contribution in [1.29, 1.82) is 0 Å². The lowest BCUT2D eigenvalue weighted by Gasteiger charge is -2.35. The monoisotopic (exact) mass is 652 g/mol. The van der Waals surface area contributed by atoms with E-state index in [1.54, 1.807) is 29.2 Å². The smallest absolute Gasteiger partial charge is 0.363 e. The summed E-state index contributed by atoms with van der Waals surface area (Å²) in [6.07, 6.45) is 8.11. The molecule has 3 aliphatic rings. The minimum Gasteiger partial charge on any atom is -0.363 e. The highest BCUT2D eigenvalue weighted by atomic mass is 16.2. The van der Waals surface area contributed by atoms with E-state index in [4.69, 9.17) is 5.73 Å². The van der Waals surface area contributed by atoms with Crippen molar-refractivity contribution in [1.82, 2.24) is 15.5 Å². The van der Waals surface area contributed by atoms with Gasteiger partial charge in [0, 0.05) is 18.0 Å². The number of carbonyl (C=O) groups is 6. The summed E-state index contributed by atoms with van der Waals surface area (Å²) < 4.78 is 0. The summed E-state index contributed by atoms with van der Waals surface area (Å²) in [6, 6.07) is 4.97. The van der Waals surface area contributed by atoms with Crippen molar-refractivity contribution in [3.8, 4) is 0 Å². The van der Waals surface area contributed by atoms with Gasteiger partial charge in [0.1, 0.15) is 12.1 Å². The maximum absolute atomic E-state index is 14.5. The number of amides is 5. The third-order valence-electron chi connectivity index (χ3n) is 10.6. The van der Waals surface area contributed by atoms with E-state index >= 15 is 0 Å². The maximum Gasteiger partial charge on any atom is 0.414 e. The van der Waals surface area contributed by atoms with Crippen molar-refractivity contribution in [3.63, 3.8) is 0 Å². The molecule has 1 aliphatic heterocycles. The number of primary amides is 2. The molecule has 2 saturated carbocycles. The Hall–Kier alpha value is -3.60. The molecular formula is C36H54N5O6+. The molecule has 1 saturated heterocycles. The predicted molar refractivity (Wildman–Crippen MR) is 177 cm³/mol. The van der Waals surface area contributed by atoms with E-state index in [0.717, 1.165) is 51.4 Å². The van der Waals surface area contributed by atoms with E-state index in [9.17, 15) is 28.8 Å². The van der Waals surface area contributed by atoms with Crippen molar-refractivity contribution < 1.29 is 34.1 Å². The fourth-order valence-electron chi connectivity index (χ4n) is 7.33. The number of ketones is 2. The largest absolute Gasteiger partial charge is 0.414 e. The van der Waals surface area contributed by atoms with Crippen LogP contribution < -0.4 is 21.7 Å². The zero-order chi connectivity index (χ0) is 34.2. The van der Waals surface area contributed by atoms with E-state index in [2.05, 4.69) is 24.5 Å². The lowest BCUT2D eigenvalue weighted by atomic mass is 9.80. The first-order chi connectivity index (χ1) is 22.4. The molecule has 5 atom stereocenters. The molecule has 0 bridgehead atoms. The number of nitrogens with two attached hydrogens (primary N) is 2. The molecule has 47 heavy (non-hydrogen) atoms. The van der Waals surface area contributed by atoms with Gasteiger partial charge in [-0.15, -0.1) is 0 Å². The second kappa shape index (κ2) is 16.5. The zero-order valence-electron chi connectivity index (χ0n) is 28.4. The summed E-state index contributed by atoms with van der Waals surface area (Å²) in [5.41, 5.74) is 5.86. The summed E-state index contributed by atoms with van der Waals surface area (Å²) in [5.74, 6) is -2.67. The van der Waals surface area contributed by atoms with Gasteiger partial charge in [-0.1, -0.05) is 96.6 Å². The number of hydrogen-bond acceptors (Lipinski definition) is 6. The highest BCUT2D eigenvalue weighted by molar-refractivity contribution is 6.37. The number of quaternary nitrogens is 1. The predicted octanol–water partition coefficient (Wildman–Crippen LogP) is 2.72. The Morgan fingerprint density at radius 1 is 0.872 bits per heavy atom.